The number of carbonyl (C=O) groups excluding carboxylic acids is 2. The molecule has 7 heteroatoms. The van der Waals surface area contributed by atoms with Gasteiger partial charge in [0.2, 0.25) is 0 Å². The van der Waals surface area contributed by atoms with Crippen molar-refractivity contribution in [3.8, 4) is 0 Å². The van der Waals surface area contributed by atoms with Gasteiger partial charge in [0.15, 0.2) is 17.5 Å². The normalized spacial score (nSPS) is 28.1. The Kier molecular flexibility index (Phi) is 7.11. The molecule has 0 radical (unpaired) electrons. The van der Waals surface area contributed by atoms with Crippen molar-refractivity contribution in [2.24, 2.45) is 11.8 Å². The fraction of sp³-hybridized carbons (Fsp3) is 0.571. The number of fused-ring (bicyclic) bond motifs is 3. The monoisotopic (exact) mass is 500 g/mol. The SMILES string of the molecule is O=C(CCC[N+]12CCC(CC1)[C@@H](OC(=O)[C@](O)(c1cccs1)C1CCCC1)C2)c1ccc(F)cc1. The van der Waals surface area contributed by atoms with Gasteiger partial charge in [0.05, 0.1) is 19.6 Å². The molecule has 188 valence electrons. The summed E-state index contributed by atoms with van der Waals surface area (Å²) in [5.74, 6) is -0.521. The van der Waals surface area contributed by atoms with Crippen molar-refractivity contribution in [2.75, 3.05) is 26.2 Å². The van der Waals surface area contributed by atoms with Gasteiger partial charge < -0.3 is 14.3 Å². The Morgan fingerprint density at radius 2 is 1.80 bits per heavy atom. The summed E-state index contributed by atoms with van der Waals surface area (Å²) in [6, 6.07) is 9.48. The minimum atomic E-state index is -1.55. The first-order valence-corrected chi connectivity index (χ1v) is 13.9. The number of carbonyl (C=O) groups is 2. The fourth-order valence-corrected chi connectivity index (χ4v) is 7.45. The highest BCUT2D eigenvalue weighted by Crippen LogP contribution is 2.44. The molecule has 4 heterocycles. The van der Waals surface area contributed by atoms with Crippen LogP contribution in [0.2, 0.25) is 0 Å². The van der Waals surface area contributed by atoms with Crippen molar-refractivity contribution >= 4 is 23.1 Å². The number of nitrogens with zero attached hydrogens (tertiary/aromatic N) is 1. The van der Waals surface area contributed by atoms with Crippen molar-refractivity contribution in [1.82, 2.24) is 0 Å². The number of rotatable bonds is 9. The predicted molar refractivity (Wildman–Crippen MR) is 132 cm³/mol. The standard InChI is InChI=1S/C28H35FNO4S/c29-23-11-9-20(10-12-23)24(31)7-3-15-30-16-13-21(14-17-30)25(19-30)34-27(32)28(33,22-5-1-2-6-22)26-8-4-18-35-26/h4,8-12,18,21-22,25,33H,1-3,5-7,13-17,19H2/q+1/t21?,25-,28+,30?/m0/s1. The minimum absolute atomic E-state index is 0.0376. The number of benzene rings is 1. The van der Waals surface area contributed by atoms with Gasteiger partial charge in [-0.2, -0.15) is 0 Å². The van der Waals surface area contributed by atoms with Gasteiger partial charge in [-0.15, -0.1) is 11.3 Å². The first-order chi connectivity index (χ1) is 16.9. The highest BCUT2D eigenvalue weighted by molar-refractivity contribution is 7.10. The Hall–Kier alpha value is -2.09. The Morgan fingerprint density at radius 3 is 2.46 bits per heavy atom. The second kappa shape index (κ2) is 10.1. The molecule has 0 spiro atoms. The van der Waals surface area contributed by atoms with Gasteiger partial charge in [0.25, 0.3) is 0 Å². The number of hydrogen-bond donors (Lipinski definition) is 1. The number of hydrogen-bond acceptors (Lipinski definition) is 5. The number of thiophene rings is 1. The van der Waals surface area contributed by atoms with E-state index in [4.69, 9.17) is 4.74 Å². The summed E-state index contributed by atoms with van der Waals surface area (Å²) in [5.41, 5.74) is -1.00. The highest BCUT2D eigenvalue weighted by Gasteiger charge is 2.53. The number of ether oxygens (including phenoxy) is 1. The van der Waals surface area contributed by atoms with E-state index in [0.29, 0.717) is 22.8 Å². The first-order valence-electron chi connectivity index (χ1n) is 13.0. The lowest BCUT2D eigenvalue weighted by atomic mass is 9.81. The quantitative estimate of drug-likeness (QED) is 0.296. The lowest BCUT2D eigenvalue weighted by molar-refractivity contribution is -0.946. The number of ketones is 1. The Labute approximate surface area is 210 Å². The molecular formula is C28H35FNO4S+. The molecule has 2 atom stereocenters. The zero-order valence-electron chi connectivity index (χ0n) is 20.2. The van der Waals surface area contributed by atoms with E-state index in [-0.39, 0.29) is 23.6 Å². The van der Waals surface area contributed by atoms with Gasteiger partial charge in [0.1, 0.15) is 12.4 Å². The number of quaternary nitrogens is 1. The summed E-state index contributed by atoms with van der Waals surface area (Å²) in [6.45, 7) is 3.71. The maximum Gasteiger partial charge on any atom is 0.344 e. The van der Waals surface area contributed by atoms with E-state index in [9.17, 15) is 19.1 Å². The third kappa shape index (κ3) is 4.95. The molecule has 5 nitrogen and oxygen atoms in total. The zero-order valence-corrected chi connectivity index (χ0v) is 21.0. The van der Waals surface area contributed by atoms with Crippen molar-refractivity contribution in [1.29, 1.82) is 0 Å². The lowest BCUT2D eigenvalue weighted by Crippen LogP contribution is -2.65. The van der Waals surface area contributed by atoms with E-state index in [1.807, 2.05) is 17.5 Å². The second-order valence-electron chi connectivity index (χ2n) is 10.7. The summed E-state index contributed by atoms with van der Waals surface area (Å²) in [6.07, 6.45) is 6.77. The van der Waals surface area contributed by atoms with Crippen LogP contribution in [0.1, 0.15) is 66.6 Å². The van der Waals surface area contributed by atoms with Gasteiger partial charge in [-0.05, 0) is 48.6 Å². The highest BCUT2D eigenvalue weighted by atomic mass is 32.1. The third-order valence-corrected chi connectivity index (χ3v) is 9.65. The smallest absolute Gasteiger partial charge is 0.344 e. The molecule has 1 aliphatic carbocycles. The third-order valence-electron chi connectivity index (χ3n) is 8.66. The van der Waals surface area contributed by atoms with Crippen LogP contribution >= 0.6 is 11.3 Å². The maximum atomic E-state index is 13.5. The molecule has 35 heavy (non-hydrogen) atoms. The van der Waals surface area contributed by atoms with E-state index >= 15 is 0 Å². The van der Waals surface area contributed by atoms with Gasteiger partial charge in [-0.25, -0.2) is 9.18 Å². The van der Waals surface area contributed by atoms with Crippen LogP contribution in [-0.2, 0) is 15.1 Å². The average molecular weight is 501 g/mol. The maximum absolute atomic E-state index is 13.5. The minimum Gasteiger partial charge on any atom is -0.454 e. The predicted octanol–water partition coefficient (Wildman–Crippen LogP) is 5.08. The zero-order chi connectivity index (χ0) is 24.5. The van der Waals surface area contributed by atoms with Crippen LogP contribution in [0.25, 0.3) is 0 Å². The first kappa shape index (κ1) is 24.6. The molecule has 0 unspecified atom stereocenters. The number of halogens is 1. The van der Waals surface area contributed by atoms with E-state index in [1.54, 1.807) is 12.1 Å². The fourth-order valence-electron chi connectivity index (χ4n) is 6.56. The largest absolute Gasteiger partial charge is 0.454 e. The number of aliphatic hydroxyl groups is 1. The van der Waals surface area contributed by atoms with Crippen LogP contribution in [0.15, 0.2) is 41.8 Å². The van der Waals surface area contributed by atoms with Crippen LogP contribution in [0.3, 0.4) is 0 Å². The molecule has 4 fully saturated rings. The van der Waals surface area contributed by atoms with Crippen LogP contribution in [-0.4, -0.2) is 53.6 Å². The number of esters is 1. The number of piperidine rings is 3. The van der Waals surface area contributed by atoms with E-state index < -0.39 is 11.6 Å². The molecule has 1 saturated carbocycles. The van der Waals surface area contributed by atoms with Crippen LogP contribution in [0.5, 0.6) is 0 Å². The summed E-state index contributed by atoms with van der Waals surface area (Å²) in [5, 5.41) is 13.6. The topological polar surface area (TPSA) is 63.6 Å². The van der Waals surface area contributed by atoms with Gasteiger partial charge >= 0.3 is 5.97 Å². The number of Topliss-reactive ketones (excluding diaryl/α,β-unsaturated/α-hetero) is 1. The van der Waals surface area contributed by atoms with Crippen LogP contribution in [0.4, 0.5) is 4.39 Å². The Balaban J connectivity index is 1.22. The van der Waals surface area contributed by atoms with Gasteiger partial charge in [-0.1, -0.05) is 18.9 Å². The van der Waals surface area contributed by atoms with Gasteiger partial charge in [-0.3, -0.25) is 4.79 Å². The van der Waals surface area contributed by atoms with Crippen molar-refractivity contribution in [3.63, 3.8) is 0 Å². The molecule has 3 saturated heterocycles. The van der Waals surface area contributed by atoms with Crippen molar-refractivity contribution in [3.05, 3.63) is 58.0 Å². The molecule has 6 rings (SSSR count). The molecule has 3 aliphatic heterocycles. The molecule has 2 bridgehead atoms. The summed E-state index contributed by atoms with van der Waals surface area (Å²) in [4.78, 5) is 26.8. The van der Waals surface area contributed by atoms with E-state index in [0.717, 1.165) is 75.6 Å². The molecule has 2 aromatic rings. The van der Waals surface area contributed by atoms with E-state index in [2.05, 4.69) is 0 Å². The van der Waals surface area contributed by atoms with Crippen molar-refractivity contribution < 1.29 is 28.3 Å². The van der Waals surface area contributed by atoms with Crippen LogP contribution < -0.4 is 0 Å². The average Bonchev–Trinajstić information content (AvgIpc) is 3.60. The second-order valence-corrected chi connectivity index (χ2v) is 11.7. The van der Waals surface area contributed by atoms with Gasteiger partial charge in [0, 0.05) is 48.0 Å². The summed E-state index contributed by atoms with van der Waals surface area (Å²) in [7, 11) is 0. The Morgan fingerprint density at radius 1 is 1.09 bits per heavy atom. The molecule has 1 aromatic heterocycles. The molecule has 0 amide bonds. The van der Waals surface area contributed by atoms with Crippen molar-refractivity contribution in [2.45, 2.75) is 63.1 Å². The summed E-state index contributed by atoms with van der Waals surface area (Å²) < 4.78 is 20.2. The van der Waals surface area contributed by atoms with Crippen LogP contribution in [0, 0.1) is 17.7 Å². The summed E-state index contributed by atoms with van der Waals surface area (Å²) >= 11 is 1.43. The van der Waals surface area contributed by atoms with E-state index in [1.165, 1.54) is 23.5 Å². The molecule has 4 aliphatic rings. The Bertz CT molecular complexity index is 1030. The molecule has 1 N–H and O–H groups in total. The molecule has 1 aromatic carbocycles. The lowest BCUT2D eigenvalue weighted by Gasteiger charge is -2.52. The molecular weight excluding hydrogens is 465 g/mol.